The molecule has 1 amide bonds. The van der Waals surface area contributed by atoms with E-state index in [0.29, 0.717) is 24.8 Å². The Bertz CT molecular complexity index is 832. The first-order valence-electron chi connectivity index (χ1n) is 7.93. The molecular formula is C17H14F3N3O4. The fourth-order valence-corrected chi connectivity index (χ4v) is 2.53. The molecule has 10 heteroatoms. The molecule has 0 bridgehead atoms. The number of rotatable bonds is 5. The zero-order valence-corrected chi connectivity index (χ0v) is 13.8. The van der Waals surface area contributed by atoms with Crippen molar-refractivity contribution in [2.24, 2.45) is 0 Å². The minimum atomic E-state index is -4.46. The molecular weight excluding hydrogens is 367 g/mol. The number of alkyl halides is 3. The van der Waals surface area contributed by atoms with E-state index in [2.05, 4.69) is 4.98 Å². The zero-order valence-electron chi connectivity index (χ0n) is 13.8. The summed E-state index contributed by atoms with van der Waals surface area (Å²) in [5, 5.41) is 10.6. The highest BCUT2D eigenvalue weighted by Crippen LogP contribution is 2.29. The SMILES string of the molecule is O=C(Cc1ccc([N+](=O)[O-])cc1)N1CC(Oc2ccc(C(F)(F)F)cn2)C1. The molecule has 0 spiro atoms. The number of nitro groups is 1. The number of likely N-dealkylation sites (tertiary alicyclic amines) is 1. The minimum Gasteiger partial charge on any atom is -0.471 e. The van der Waals surface area contributed by atoms with Crippen LogP contribution in [0.15, 0.2) is 42.6 Å². The predicted molar refractivity (Wildman–Crippen MR) is 87.0 cm³/mol. The van der Waals surface area contributed by atoms with E-state index in [-0.39, 0.29) is 30.0 Å². The molecule has 1 saturated heterocycles. The second kappa shape index (κ2) is 7.22. The van der Waals surface area contributed by atoms with Crippen molar-refractivity contribution in [1.29, 1.82) is 0 Å². The molecule has 1 aromatic heterocycles. The molecule has 1 fully saturated rings. The fourth-order valence-electron chi connectivity index (χ4n) is 2.53. The Morgan fingerprint density at radius 3 is 2.41 bits per heavy atom. The van der Waals surface area contributed by atoms with Crippen LogP contribution in [0.25, 0.3) is 0 Å². The number of carbonyl (C=O) groups is 1. The molecule has 1 aromatic carbocycles. The smallest absolute Gasteiger partial charge is 0.417 e. The van der Waals surface area contributed by atoms with Gasteiger partial charge in [0.05, 0.1) is 30.0 Å². The molecule has 0 saturated carbocycles. The summed E-state index contributed by atoms with van der Waals surface area (Å²) in [5.41, 5.74) is -0.254. The van der Waals surface area contributed by atoms with E-state index in [4.69, 9.17) is 4.74 Å². The Labute approximate surface area is 151 Å². The first-order chi connectivity index (χ1) is 12.7. The van der Waals surface area contributed by atoms with Gasteiger partial charge in [0.1, 0.15) is 6.10 Å². The van der Waals surface area contributed by atoms with Gasteiger partial charge in [0.15, 0.2) is 0 Å². The standard InChI is InChI=1S/C17H14F3N3O4/c18-17(19,20)12-3-6-15(21-8-12)27-14-9-22(10-14)16(24)7-11-1-4-13(5-2-11)23(25)26/h1-6,8,14H,7,9-10H2. The number of hydrogen-bond donors (Lipinski definition) is 0. The second-order valence-corrected chi connectivity index (χ2v) is 6.02. The van der Waals surface area contributed by atoms with Crippen molar-refractivity contribution in [3.8, 4) is 5.88 Å². The van der Waals surface area contributed by atoms with Gasteiger partial charge in [-0.3, -0.25) is 14.9 Å². The number of pyridine rings is 1. The van der Waals surface area contributed by atoms with Crippen LogP contribution in [0.2, 0.25) is 0 Å². The average Bonchev–Trinajstić information content (AvgIpc) is 2.57. The Hall–Kier alpha value is -3.17. The van der Waals surface area contributed by atoms with Gasteiger partial charge in [0.2, 0.25) is 11.8 Å². The number of nitro benzene ring substituents is 1. The van der Waals surface area contributed by atoms with Gasteiger partial charge < -0.3 is 9.64 Å². The third-order valence-corrected chi connectivity index (χ3v) is 4.05. The van der Waals surface area contributed by atoms with Gasteiger partial charge >= 0.3 is 6.18 Å². The van der Waals surface area contributed by atoms with Crippen LogP contribution < -0.4 is 4.74 Å². The zero-order chi connectivity index (χ0) is 19.6. The molecule has 3 rings (SSSR count). The Balaban J connectivity index is 1.47. The number of hydrogen-bond acceptors (Lipinski definition) is 5. The lowest BCUT2D eigenvalue weighted by Crippen LogP contribution is -2.56. The van der Waals surface area contributed by atoms with Crippen LogP contribution in [0.4, 0.5) is 18.9 Å². The minimum absolute atomic E-state index is 0.0485. The van der Waals surface area contributed by atoms with Gasteiger partial charge in [-0.05, 0) is 11.6 Å². The molecule has 0 radical (unpaired) electrons. The Morgan fingerprint density at radius 1 is 1.22 bits per heavy atom. The molecule has 1 aliphatic rings. The Kier molecular flexibility index (Phi) is 4.98. The lowest BCUT2D eigenvalue weighted by Gasteiger charge is -2.38. The van der Waals surface area contributed by atoms with Crippen molar-refractivity contribution < 1.29 is 27.6 Å². The number of halogens is 3. The Morgan fingerprint density at radius 2 is 1.89 bits per heavy atom. The molecule has 0 atom stereocenters. The number of aromatic nitrogens is 1. The largest absolute Gasteiger partial charge is 0.471 e. The normalized spacial score (nSPS) is 14.6. The fraction of sp³-hybridized carbons (Fsp3) is 0.294. The topological polar surface area (TPSA) is 85.6 Å². The summed E-state index contributed by atoms with van der Waals surface area (Å²) in [6.45, 7) is 0.600. The number of non-ortho nitro benzene ring substituents is 1. The second-order valence-electron chi connectivity index (χ2n) is 6.02. The summed E-state index contributed by atoms with van der Waals surface area (Å²) < 4.78 is 42.9. The molecule has 142 valence electrons. The van der Waals surface area contributed by atoms with Crippen molar-refractivity contribution >= 4 is 11.6 Å². The van der Waals surface area contributed by atoms with Crippen LogP contribution in [-0.2, 0) is 17.4 Å². The average molecular weight is 381 g/mol. The third kappa shape index (κ3) is 4.52. The van der Waals surface area contributed by atoms with Crippen molar-refractivity contribution in [2.45, 2.75) is 18.7 Å². The molecule has 1 aliphatic heterocycles. The predicted octanol–water partition coefficient (Wildman–Crippen LogP) is 2.84. The number of benzene rings is 1. The summed E-state index contributed by atoms with van der Waals surface area (Å²) in [5.74, 6) is -0.0976. The van der Waals surface area contributed by atoms with E-state index >= 15 is 0 Å². The van der Waals surface area contributed by atoms with Crippen LogP contribution in [0, 0.1) is 10.1 Å². The lowest BCUT2D eigenvalue weighted by atomic mass is 10.1. The summed E-state index contributed by atoms with van der Waals surface area (Å²) in [7, 11) is 0. The number of amides is 1. The first-order valence-corrected chi connectivity index (χ1v) is 7.93. The molecule has 2 heterocycles. The van der Waals surface area contributed by atoms with Crippen LogP contribution in [0.1, 0.15) is 11.1 Å². The van der Waals surface area contributed by atoms with Gasteiger partial charge in [-0.25, -0.2) is 4.98 Å². The molecule has 0 unspecified atom stereocenters. The maximum Gasteiger partial charge on any atom is 0.417 e. The van der Waals surface area contributed by atoms with Gasteiger partial charge in [-0.2, -0.15) is 13.2 Å². The van der Waals surface area contributed by atoms with Crippen molar-refractivity contribution in [3.05, 3.63) is 63.8 Å². The van der Waals surface area contributed by atoms with E-state index < -0.39 is 16.7 Å². The van der Waals surface area contributed by atoms with E-state index in [9.17, 15) is 28.1 Å². The summed E-state index contributed by atoms with van der Waals surface area (Å²) in [4.78, 5) is 27.4. The van der Waals surface area contributed by atoms with E-state index in [1.165, 1.54) is 29.2 Å². The number of nitrogens with zero attached hydrogens (tertiary/aromatic N) is 3. The molecule has 27 heavy (non-hydrogen) atoms. The highest BCUT2D eigenvalue weighted by Gasteiger charge is 2.33. The van der Waals surface area contributed by atoms with Crippen LogP contribution in [-0.4, -0.2) is 39.9 Å². The highest BCUT2D eigenvalue weighted by atomic mass is 19.4. The van der Waals surface area contributed by atoms with Gasteiger partial charge in [0.25, 0.3) is 5.69 Å². The van der Waals surface area contributed by atoms with Crippen LogP contribution in [0.3, 0.4) is 0 Å². The number of ether oxygens (including phenoxy) is 1. The summed E-state index contributed by atoms with van der Waals surface area (Å²) in [6.07, 6.45) is -3.99. The lowest BCUT2D eigenvalue weighted by molar-refractivity contribution is -0.384. The summed E-state index contributed by atoms with van der Waals surface area (Å²) >= 11 is 0. The molecule has 0 aliphatic carbocycles. The van der Waals surface area contributed by atoms with Gasteiger partial charge in [0, 0.05) is 24.4 Å². The van der Waals surface area contributed by atoms with Gasteiger partial charge in [-0.15, -0.1) is 0 Å². The van der Waals surface area contributed by atoms with E-state index in [0.717, 1.165) is 12.1 Å². The van der Waals surface area contributed by atoms with Crippen molar-refractivity contribution in [3.63, 3.8) is 0 Å². The highest BCUT2D eigenvalue weighted by molar-refractivity contribution is 5.79. The first kappa shape index (κ1) is 18.6. The van der Waals surface area contributed by atoms with Gasteiger partial charge in [-0.1, -0.05) is 12.1 Å². The van der Waals surface area contributed by atoms with E-state index in [1.807, 2.05) is 0 Å². The molecule has 2 aromatic rings. The van der Waals surface area contributed by atoms with Crippen LogP contribution in [0.5, 0.6) is 5.88 Å². The number of carbonyl (C=O) groups excluding carboxylic acids is 1. The quantitative estimate of drug-likeness (QED) is 0.587. The van der Waals surface area contributed by atoms with Crippen LogP contribution >= 0.6 is 0 Å². The third-order valence-electron chi connectivity index (χ3n) is 4.05. The maximum absolute atomic E-state index is 12.5. The van der Waals surface area contributed by atoms with Crippen molar-refractivity contribution in [1.82, 2.24) is 9.88 Å². The monoisotopic (exact) mass is 381 g/mol. The van der Waals surface area contributed by atoms with E-state index in [1.54, 1.807) is 0 Å². The summed E-state index contributed by atoms with van der Waals surface area (Å²) in [6, 6.07) is 7.75. The maximum atomic E-state index is 12.5. The molecule has 0 N–H and O–H groups in total. The molecule has 7 nitrogen and oxygen atoms in total. The van der Waals surface area contributed by atoms with Crippen molar-refractivity contribution in [2.75, 3.05) is 13.1 Å².